The largest absolute Gasteiger partial charge is 0.349 e. The van der Waals surface area contributed by atoms with Crippen LogP contribution in [0.1, 0.15) is 35.2 Å². The number of carbonyl (C=O) groups is 1. The number of nitrogens with zero attached hydrogens (tertiary/aromatic N) is 2. The van der Waals surface area contributed by atoms with Crippen molar-refractivity contribution in [1.82, 2.24) is 25.4 Å². The highest BCUT2D eigenvalue weighted by molar-refractivity contribution is 7.89. The molecule has 3 fully saturated rings. The maximum Gasteiger partial charge on any atom is 0.251 e. The highest BCUT2D eigenvalue weighted by atomic mass is 32.2. The second kappa shape index (κ2) is 10.1. The van der Waals surface area contributed by atoms with E-state index in [1.807, 2.05) is 18.2 Å². The summed E-state index contributed by atoms with van der Waals surface area (Å²) in [5.41, 5.74) is 8.12. The number of amides is 1. The molecule has 2 aromatic rings. The van der Waals surface area contributed by atoms with Gasteiger partial charge in [-0.2, -0.15) is 4.31 Å². The Hall–Kier alpha value is -2.30. The van der Waals surface area contributed by atoms with Crippen molar-refractivity contribution < 1.29 is 13.2 Å². The maximum absolute atomic E-state index is 13.3. The second-order valence-electron chi connectivity index (χ2n) is 9.57. The first-order chi connectivity index (χ1) is 16.5. The van der Waals surface area contributed by atoms with Gasteiger partial charge in [0.05, 0.1) is 4.90 Å². The number of hydrogen-bond acceptors (Lipinski definition) is 6. The molecule has 2 saturated heterocycles. The van der Waals surface area contributed by atoms with Gasteiger partial charge < -0.3 is 5.32 Å². The summed E-state index contributed by atoms with van der Waals surface area (Å²) in [6.07, 6.45) is 2.88. The first-order valence-corrected chi connectivity index (χ1v) is 13.6. The second-order valence-corrected chi connectivity index (χ2v) is 11.5. The minimum absolute atomic E-state index is 0.119. The lowest BCUT2D eigenvalue weighted by atomic mass is 9.83. The molecule has 8 nitrogen and oxygen atoms in total. The Bertz CT molecular complexity index is 1100. The fourth-order valence-electron chi connectivity index (χ4n) is 5.32. The average Bonchev–Trinajstić information content (AvgIpc) is 3.33. The molecule has 2 heterocycles. The third-order valence-electron chi connectivity index (χ3n) is 7.28. The molecule has 1 amide bonds. The molecule has 182 valence electrons. The highest BCUT2D eigenvalue weighted by Crippen LogP contribution is 2.27. The summed E-state index contributed by atoms with van der Waals surface area (Å²) in [5.74, 6) is 0.318. The van der Waals surface area contributed by atoms with Crippen LogP contribution in [0.2, 0.25) is 0 Å². The number of fused-ring (bicyclic) bond motifs is 1. The fourth-order valence-corrected chi connectivity index (χ4v) is 6.79. The van der Waals surface area contributed by atoms with Crippen LogP contribution >= 0.6 is 0 Å². The van der Waals surface area contributed by atoms with E-state index in [1.54, 1.807) is 18.2 Å². The molecule has 0 aromatic heterocycles. The SMILES string of the molecule is O=C(NC1CCC2NNCC2C1)c1cccc(S(=O)(=O)N2CCN(Cc3ccccc3)CC2)c1. The van der Waals surface area contributed by atoms with Crippen LogP contribution in [0.3, 0.4) is 0 Å². The van der Waals surface area contributed by atoms with Gasteiger partial charge in [-0.15, -0.1) is 0 Å². The van der Waals surface area contributed by atoms with Gasteiger partial charge in [0.25, 0.3) is 5.91 Å². The van der Waals surface area contributed by atoms with Gasteiger partial charge in [0, 0.05) is 56.9 Å². The molecule has 1 saturated carbocycles. The van der Waals surface area contributed by atoms with Crippen molar-refractivity contribution in [3.63, 3.8) is 0 Å². The molecule has 3 unspecified atom stereocenters. The monoisotopic (exact) mass is 483 g/mol. The van der Waals surface area contributed by atoms with E-state index >= 15 is 0 Å². The third kappa shape index (κ3) is 5.18. The van der Waals surface area contributed by atoms with Crippen LogP contribution in [0.15, 0.2) is 59.5 Å². The van der Waals surface area contributed by atoms with Crippen molar-refractivity contribution in [2.75, 3.05) is 32.7 Å². The van der Waals surface area contributed by atoms with Gasteiger partial charge in [-0.05, 0) is 48.9 Å². The number of hydrazine groups is 1. The molecule has 1 aliphatic carbocycles. The number of sulfonamides is 1. The predicted molar refractivity (Wildman–Crippen MR) is 130 cm³/mol. The quantitative estimate of drug-likeness (QED) is 0.578. The molecule has 3 aliphatic rings. The van der Waals surface area contributed by atoms with Crippen molar-refractivity contribution in [3.05, 3.63) is 65.7 Å². The molecule has 3 N–H and O–H groups in total. The number of nitrogens with one attached hydrogen (secondary N) is 3. The summed E-state index contributed by atoms with van der Waals surface area (Å²) in [6.45, 7) is 3.99. The van der Waals surface area contributed by atoms with E-state index in [0.29, 0.717) is 43.7 Å². The van der Waals surface area contributed by atoms with Crippen molar-refractivity contribution in [2.45, 2.75) is 42.8 Å². The van der Waals surface area contributed by atoms with Crippen molar-refractivity contribution in [3.8, 4) is 0 Å². The molecule has 5 rings (SSSR count). The Morgan fingerprint density at radius 3 is 2.59 bits per heavy atom. The Morgan fingerprint density at radius 2 is 1.79 bits per heavy atom. The van der Waals surface area contributed by atoms with E-state index in [9.17, 15) is 13.2 Å². The zero-order chi connectivity index (χ0) is 23.5. The summed E-state index contributed by atoms with van der Waals surface area (Å²) in [7, 11) is -3.65. The van der Waals surface area contributed by atoms with Gasteiger partial charge in [0.15, 0.2) is 0 Å². The molecule has 2 aliphatic heterocycles. The van der Waals surface area contributed by atoms with Crippen molar-refractivity contribution in [1.29, 1.82) is 0 Å². The van der Waals surface area contributed by atoms with Crippen LogP contribution < -0.4 is 16.2 Å². The maximum atomic E-state index is 13.3. The minimum atomic E-state index is -3.65. The summed E-state index contributed by atoms with van der Waals surface area (Å²) in [5, 5.41) is 3.13. The van der Waals surface area contributed by atoms with Gasteiger partial charge in [-0.1, -0.05) is 36.4 Å². The summed E-state index contributed by atoms with van der Waals surface area (Å²) >= 11 is 0. The number of hydrogen-bond donors (Lipinski definition) is 3. The third-order valence-corrected chi connectivity index (χ3v) is 9.18. The molecule has 0 bridgehead atoms. The van der Waals surface area contributed by atoms with E-state index in [4.69, 9.17) is 0 Å². The van der Waals surface area contributed by atoms with E-state index in [2.05, 4.69) is 33.2 Å². The van der Waals surface area contributed by atoms with Crippen molar-refractivity contribution >= 4 is 15.9 Å². The first-order valence-electron chi connectivity index (χ1n) is 12.1. The van der Waals surface area contributed by atoms with E-state index in [-0.39, 0.29) is 16.8 Å². The van der Waals surface area contributed by atoms with Gasteiger partial charge in [0.2, 0.25) is 10.0 Å². The van der Waals surface area contributed by atoms with E-state index in [1.165, 1.54) is 15.9 Å². The predicted octanol–water partition coefficient (Wildman–Crippen LogP) is 1.57. The van der Waals surface area contributed by atoms with E-state index < -0.39 is 10.0 Å². The van der Waals surface area contributed by atoms with Crippen LogP contribution in [0.4, 0.5) is 0 Å². The van der Waals surface area contributed by atoms with Crippen LogP contribution in [-0.4, -0.2) is 68.3 Å². The van der Waals surface area contributed by atoms with Crippen LogP contribution in [0.5, 0.6) is 0 Å². The van der Waals surface area contributed by atoms with Gasteiger partial charge in [-0.3, -0.25) is 20.5 Å². The van der Waals surface area contributed by atoms with Crippen LogP contribution in [0.25, 0.3) is 0 Å². The standard InChI is InChI=1S/C25H33N5O3S/c31-25(27-22-9-10-24-21(15-22)17-26-28-24)20-7-4-8-23(16-20)34(32,33)30-13-11-29(12-14-30)18-19-5-2-1-3-6-19/h1-8,16,21-22,24,26,28H,9-15,17-18H2,(H,27,31). The minimum Gasteiger partial charge on any atom is -0.349 e. The lowest BCUT2D eigenvalue weighted by Crippen LogP contribution is -2.48. The Balaban J connectivity index is 1.19. The molecule has 0 spiro atoms. The first kappa shape index (κ1) is 23.4. The highest BCUT2D eigenvalue weighted by Gasteiger charge is 2.34. The smallest absolute Gasteiger partial charge is 0.251 e. The number of piperazine rings is 1. The van der Waals surface area contributed by atoms with Gasteiger partial charge in [0.1, 0.15) is 0 Å². The number of benzene rings is 2. The molecular weight excluding hydrogens is 450 g/mol. The zero-order valence-electron chi connectivity index (χ0n) is 19.3. The van der Waals surface area contributed by atoms with Gasteiger partial charge >= 0.3 is 0 Å². The zero-order valence-corrected chi connectivity index (χ0v) is 20.1. The summed E-state index contributed by atoms with van der Waals surface area (Å²) in [4.78, 5) is 15.4. The normalized spacial score (nSPS) is 26.2. The number of carbonyl (C=O) groups excluding carboxylic acids is 1. The molecule has 34 heavy (non-hydrogen) atoms. The number of rotatable bonds is 6. The molecule has 9 heteroatoms. The van der Waals surface area contributed by atoms with Crippen LogP contribution in [0, 0.1) is 5.92 Å². The Kier molecular flexibility index (Phi) is 6.99. The lowest BCUT2D eigenvalue weighted by molar-refractivity contribution is 0.0918. The Labute approximate surface area is 201 Å². The Morgan fingerprint density at radius 1 is 1.00 bits per heavy atom. The van der Waals surface area contributed by atoms with Crippen LogP contribution in [-0.2, 0) is 16.6 Å². The summed E-state index contributed by atoms with van der Waals surface area (Å²) in [6, 6.07) is 17.3. The molecule has 0 radical (unpaired) electrons. The molecule has 3 atom stereocenters. The van der Waals surface area contributed by atoms with E-state index in [0.717, 1.165) is 32.4 Å². The molecule has 2 aromatic carbocycles. The van der Waals surface area contributed by atoms with Crippen molar-refractivity contribution in [2.24, 2.45) is 5.92 Å². The average molecular weight is 484 g/mol. The van der Waals surface area contributed by atoms with Gasteiger partial charge in [-0.25, -0.2) is 8.42 Å². The molecular formula is C25H33N5O3S. The lowest BCUT2D eigenvalue weighted by Gasteiger charge is -2.34. The summed E-state index contributed by atoms with van der Waals surface area (Å²) < 4.78 is 28.1. The fraction of sp³-hybridized carbons (Fsp3) is 0.480. The topological polar surface area (TPSA) is 93.8 Å².